The van der Waals surface area contributed by atoms with Crippen LogP contribution in [0.1, 0.15) is 23.4 Å². The van der Waals surface area contributed by atoms with Gasteiger partial charge in [-0.15, -0.1) is 11.6 Å². The molecule has 0 atom stereocenters. The molecule has 66 valence electrons. The van der Waals surface area contributed by atoms with Crippen LogP contribution in [0.2, 0.25) is 0 Å². The molecule has 1 rings (SSSR count). The first-order valence-corrected chi connectivity index (χ1v) is 3.99. The summed E-state index contributed by atoms with van der Waals surface area (Å²) in [5, 5.41) is 0. The average Bonchev–Trinajstić information content (AvgIpc) is 2.52. The van der Waals surface area contributed by atoms with Crippen molar-refractivity contribution in [2.45, 2.75) is 12.8 Å². The quantitative estimate of drug-likeness (QED) is 0.535. The van der Waals surface area contributed by atoms with Crippen molar-refractivity contribution in [1.29, 1.82) is 0 Å². The number of rotatable bonds is 3. The Morgan fingerprint density at radius 3 is 3.08 bits per heavy atom. The molecule has 0 N–H and O–H groups in total. The number of carbonyl (C=O) groups is 1. The van der Waals surface area contributed by atoms with Crippen LogP contribution in [-0.2, 0) is 10.6 Å². The summed E-state index contributed by atoms with van der Waals surface area (Å²) in [6, 6.07) is 0. The second-order valence-corrected chi connectivity index (χ2v) is 2.25. The maximum atomic E-state index is 11.0. The molecule has 5 heteroatoms. The van der Waals surface area contributed by atoms with E-state index in [0.717, 1.165) is 0 Å². The van der Waals surface area contributed by atoms with Gasteiger partial charge in [-0.25, -0.2) is 9.78 Å². The highest BCUT2D eigenvalue weighted by Gasteiger charge is 2.13. The summed E-state index contributed by atoms with van der Waals surface area (Å²) in [6.07, 6.45) is 1.40. The van der Waals surface area contributed by atoms with Gasteiger partial charge in [0.15, 0.2) is 0 Å². The minimum Gasteiger partial charge on any atom is -0.459 e. The zero-order chi connectivity index (χ0) is 8.97. The fourth-order valence-electron chi connectivity index (χ4n) is 0.656. The number of nitrogens with zero attached hydrogens (tertiary/aromatic N) is 1. The Morgan fingerprint density at radius 1 is 1.83 bits per heavy atom. The molecule has 0 radical (unpaired) electrons. The number of hydrogen-bond donors (Lipinski definition) is 0. The Labute approximate surface area is 74.5 Å². The van der Waals surface area contributed by atoms with E-state index in [-0.39, 0.29) is 11.8 Å². The van der Waals surface area contributed by atoms with Gasteiger partial charge in [0.25, 0.3) is 0 Å². The van der Waals surface area contributed by atoms with E-state index in [0.29, 0.717) is 12.4 Å². The second-order valence-electron chi connectivity index (χ2n) is 1.99. The summed E-state index contributed by atoms with van der Waals surface area (Å²) >= 11 is 5.44. The summed E-state index contributed by atoms with van der Waals surface area (Å²) in [5.41, 5.74) is 0. The third-order valence-electron chi connectivity index (χ3n) is 1.14. The fourth-order valence-corrected chi connectivity index (χ4v) is 0.780. The molecule has 0 saturated carbocycles. The molecule has 0 unspecified atom stereocenters. The highest BCUT2D eigenvalue weighted by atomic mass is 35.5. The van der Waals surface area contributed by atoms with Gasteiger partial charge in [-0.3, -0.25) is 0 Å². The predicted octanol–water partition coefficient (Wildman–Crippen LogP) is 1.59. The van der Waals surface area contributed by atoms with E-state index in [2.05, 4.69) is 9.72 Å². The van der Waals surface area contributed by atoms with Crippen LogP contribution in [0.25, 0.3) is 0 Å². The van der Waals surface area contributed by atoms with E-state index >= 15 is 0 Å². The minimum atomic E-state index is -0.561. The van der Waals surface area contributed by atoms with Crippen LogP contribution >= 0.6 is 11.6 Å². The molecule has 0 spiro atoms. The van der Waals surface area contributed by atoms with Gasteiger partial charge in [0.1, 0.15) is 5.76 Å². The number of oxazole rings is 1. The number of carbonyl (C=O) groups excluding carboxylic acids is 1. The maximum Gasteiger partial charge on any atom is 0.394 e. The molecule has 0 bridgehead atoms. The number of esters is 1. The van der Waals surface area contributed by atoms with Crippen molar-refractivity contribution in [2.24, 2.45) is 0 Å². The van der Waals surface area contributed by atoms with Gasteiger partial charge in [-0.1, -0.05) is 0 Å². The molecule has 0 amide bonds. The van der Waals surface area contributed by atoms with E-state index in [4.69, 9.17) is 16.0 Å². The van der Waals surface area contributed by atoms with Crippen molar-refractivity contribution in [1.82, 2.24) is 4.98 Å². The molecule has 1 heterocycles. The largest absolute Gasteiger partial charge is 0.459 e. The number of ether oxygens (including phenoxy) is 1. The molecule has 1 aromatic heterocycles. The number of hydrogen-bond acceptors (Lipinski definition) is 4. The molecule has 0 aliphatic heterocycles. The topological polar surface area (TPSA) is 52.3 Å². The van der Waals surface area contributed by atoms with E-state index in [9.17, 15) is 4.79 Å². The predicted molar refractivity (Wildman–Crippen MR) is 42.0 cm³/mol. The van der Waals surface area contributed by atoms with Gasteiger partial charge in [0.05, 0.1) is 18.7 Å². The summed E-state index contributed by atoms with van der Waals surface area (Å²) < 4.78 is 9.58. The van der Waals surface area contributed by atoms with E-state index in [1.54, 1.807) is 6.92 Å². The molecular formula is C7H8ClNO3. The molecular weight excluding hydrogens is 182 g/mol. The van der Waals surface area contributed by atoms with Crippen molar-refractivity contribution in [3.63, 3.8) is 0 Å². The summed E-state index contributed by atoms with van der Waals surface area (Å²) in [6.45, 7) is 2.01. The van der Waals surface area contributed by atoms with Gasteiger partial charge in [-0.05, 0) is 6.92 Å². The Hall–Kier alpha value is -1.03. The van der Waals surface area contributed by atoms with E-state index in [1.165, 1.54) is 6.20 Å². The number of aromatic nitrogens is 1. The summed E-state index contributed by atoms with van der Waals surface area (Å²) in [4.78, 5) is 14.6. The van der Waals surface area contributed by atoms with Crippen molar-refractivity contribution in [2.75, 3.05) is 6.61 Å². The Kier molecular flexibility index (Phi) is 3.10. The van der Waals surface area contributed by atoms with Crippen LogP contribution in [0, 0.1) is 0 Å². The van der Waals surface area contributed by atoms with Gasteiger partial charge in [0, 0.05) is 0 Å². The number of halogens is 1. The molecule has 0 saturated heterocycles. The SMILES string of the molecule is CCOC(=O)c1ncc(CCl)o1. The lowest BCUT2D eigenvalue weighted by atomic mass is 10.6. The summed E-state index contributed by atoms with van der Waals surface area (Å²) in [5.74, 6) is 0.0490. The lowest BCUT2D eigenvalue weighted by Crippen LogP contribution is -2.04. The molecule has 4 nitrogen and oxygen atoms in total. The van der Waals surface area contributed by atoms with Crippen LogP contribution in [0.3, 0.4) is 0 Å². The van der Waals surface area contributed by atoms with Crippen LogP contribution in [0.4, 0.5) is 0 Å². The minimum absolute atomic E-state index is 0.0486. The van der Waals surface area contributed by atoms with Gasteiger partial charge in [-0.2, -0.15) is 0 Å². The van der Waals surface area contributed by atoms with Crippen LogP contribution < -0.4 is 0 Å². The summed E-state index contributed by atoms with van der Waals surface area (Å²) in [7, 11) is 0. The lowest BCUT2D eigenvalue weighted by molar-refractivity contribution is 0.0479. The molecule has 0 fully saturated rings. The van der Waals surface area contributed by atoms with Crippen LogP contribution in [0.5, 0.6) is 0 Å². The molecule has 0 aliphatic carbocycles. The Morgan fingerprint density at radius 2 is 2.58 bits per heavy atom. The second kappa shape index (κ2) is 4.11. The first-order chi connectivity index (χ1) is 5.77. The zero-order valence-electron chi connectivity index (χ0n) is 6.54. The van der Waals surface area contributed by atoms with Gasteiger partial charge in [0.2, 0.25) is 0 Å². The van der Waals surface area contributed by atoms with Crippen molar-refractivity contribution >= 4 is 17.6 Å². The third kappa shape index (κ3) is 1.98. The molecule has 1 aromatic rings. The average molecular weight is 190 g/mol. The van der Waals surface area contributed by atoms with Crippen LogP contribution in [-0.4, -0.2) is 17.6 Å². The van der Waals surface area contributed by atoms with Crippen molar-refractivity contribution < 1.29 is 13.9 Å². The maximum absolute atomic E-state index is 11.0. The first kappa shape index (κ1) is 9.06. The van der Waals surface area contributed by atoms with E-state index in [1.807, 2.05) is 0 Å². The first-order valence-electron chi connectivity index (χ1n) is 3.45. The highest BCUT2D eigenvalue weighted by Crippen LogP contribution is 2.07. The third-order valence-corrected chi connectivity index (χ3v) is 1.40. The molecule has 12 heavy (non-hydrogen) atoms. The smallest absolute Gasteiger partial charge is 0.394 e. The van der Waals surface area contributed by atoms with Gasteiger partial charge >= 0.3 is 11.9 Å². The van der Waals surface area contributed by atoms with Crippen molar-refractivity contribution in [3.05, 3.63) is 17.8 Å². The normalized spacial score (nSPS) is 9.83. The zero-order valence-corrected chi connectivity index (χ0v) is 7.30. The fraction of sp³-hybridized carbons (Fsp3) is 0.429. The Bertz CT molecular complexity index is 271. The van der Waals surface area contributed by atoms with E-state index < -0.39 is 5.97 Å². The van der Waals surface area contributed by atoms with Gasteiger partial charge < -0.3 is 9.15 Å². The molecule has 0 aromatic carbocycles. The number of alkyl halides is 1. The standard InChI is InChI=1S/C7H8ClNO3/c1-2-11-7(10)6-9-4-5(3-8)12-6/h4H,2-3H2,1H3. The highest BCUT2D eigenvalue weighted by molar-refractivity contribution is 6.16. The lowest BCUT2D eigenvalue weighted by Gasteiger charge is -1.94. The molecule has 0 aliphatic rings. The Balaban J connectivity index is 2.68. The van der Waals surface area contributed by atoms with Crippen molar-refractivity contribution in [3.8, 4) is 0 Å². The van der Waals surface area contributed by atoms with Crippen LogP contribution in [0.15, 0.2) is 10.6 Å². The monoisotopic (exact) mass is 189 g/mol.